The van der Waals surface area contributed by atoms with E-state index in [0.717, 1.165) is 0 Å². The Morgan fingerprint density at radius 2 is 2.11 bits per heavy atom. The Labute approximate surface area is 112 Å². The van der Waals surface area contributed by atoms with Gasteiger partial charge in [-0.3, -0.25) is 19.7 Å². The lowest BCUT2D eigenvalue weighted by Gasteiger charge is -2.02. The maximum atomic E-state index is 10.9. The Bertz CT molecular complexity index is 585. The highest BCUT2D eigenvalue weighted by atomic mass is 35.5. The lowest BCUT2D eigenvalue weighted by Crippen LogP contribution is -2.33. The zero-order chi connectivity index (χ0) is 14.6. The number of nitrogens with one attached hydrogen (secondary N) is 1. The molecule has 1 aromatic rings. The average Bonchev–Trinajstić information content (AvgIpc) is 2.35. The summed E-state index contributed by atoms with van der Waals surface area (Å²) in [7, 11) is 0. The summed E-state index contributed by atoms with van der Waals surface area (Å²) in [6, 6.07) is 4.03. The van der Waals surface area contributed by atoms with Gasteiger partial charge in [0.15, 0.2) is 0 Å². The van der Waals surface area contributed by atoms with Gasteiger partial charge in [0.2, 0.25) is 0 Å². The van der Waals surface area contributed by atoms with Gasteiger partial charge in [0, 0.05) is 11.6 Å². The molecule has 2 amide bonds. The van der Waals surface area contributed by atoms with Gasteiger partial charge in [-0.15, -0.1) is 0 Å². The van der Waals surface area contributed by atoms with Gasteiger partial charge in [-0.05, 0) is 13.0 Å². The monoisotopic (exact) mass is 284 g/mol. The molecule has 1 rings (SSSR count). The summed E-state index contributed by atoms with van der Waals surface area (Å²) in [5, 5.41) is 14.3. The largest absolute Gasteiger partial charge is 0.361 e. The van der Waals surface area contributed by atoms with Crippen LogP contribution in [-0.4, -0.2) is 22.4 Å². The summed E-state index contributed by atoms with van der Waals surface area (Å²) < 4.78 is 0. The van der Waals surface area contributed by atoms with Gasteiger partial charge >= 0.3 is 11.8 Å². The molecular formula is C10H9ClN4O4. The molecule has 0 saturated carbocycles. The molecule has 19 heavy (non-hydrogen) atoms. The standard InChI is InChI=1S/C10H9ClN4O4/c1-5(13-14-10(17)9(12)16)6-2-3-7(11)8(4-6)15(18)19/h2-4H,1H3,(H2,12,16)(H,14,17)/b13-5-. The van der Waals surface area contributed by atoms with E-state index < -0.39 is 16.7 Å². The summed E-state index contributed by atoms with van der Waals surface area (Å²) in [4.78, 5) is 31.4. The summed E-state index contributed by atoms with van der Waals surface area (Å²) in [5.41, 5.74) is 6.98. The third-order valence-corrected chi connectivity index (χ3v) is 2.43. The van der Waals surface area contributed by atoms with E-state index in [4.69, 9.17) is 17.3 Å². The first kappa shape index (κ1) is 14.6. The molecule has 1 aromatic carbocycles. The lowest BCUT2D eigenvalue weighted by molar-refractivity contribution is -0.384. The Hall–Kier alpha value is -2.48. The van der Waals surface area contributed by atoms with Crippen molar-refractivity contribution in [3.8, 4) is 0 Å². The third kappa shape index (κ3) is 3.75. The van der Waals surface area contributed by atoms with Gasteiger partial charge in [0.1, 0.15) is 5.02 Å². The molecular weight excluding hydrogens is 276 g/mol. The van der Waals surface area contributed by atoms with Crippen molar-refractivity contribution in [1.29, 1.82) is 0 Å². The van der Waals surface area contributed by atoms with Gasteiger partial charge in [0.05, 0.1) is 10.6 Å². The van der Waals surface area contributed by atoms with E-state index in [9.17, 15) is 19.7 Å². The van der Waals surface area contributed by atoms with Crippen molar-refractivity contribution in [3.63, 3.8) is 0 Å². The number of carbonyl (C=O) groups is 2. The Morgan fingerprint density at radius 1 is 1.47 bits per heavy atom. The number of halogens is 1. The molecule has 0 saturated heterocycles. The molecule has 3 N–H and O–H groups in total. The fraction of sp³-hybridized carbons (Fsp3) is 0.100. The zero-order valence-electron chi connectivity index (χ0n) is 9.71. The maximum absolute atomic E-state index is 10.9. The molecule has 0 aromatic heterocycles. The van der Waals surface area contributed by atoms with Crippen LogP contribution in [0.2, 0.25) is 5.02 Å². The molecule has 9 heteroatoms. The first-order valence-corrected chi connectivity index (χ1v) is 5.29. The van der Waals surface area contributed by atoms with E-state index in [1.54, 1.807) is 0 Å². The van der Waals surface area contributed by atoms with Crippen molar-refractivity contribution < 1.29 is 14.5 Å². The van der Waals surface area contributed by atoms with Crippen LogP contribution in [0, 0.1) is 10.1 Å². The summed E-state index contributed by atoms with van der Waals surface area (Å²) >= 11 is 5.65. The highest BCUT2D eigenvalue weighted by Crippen LogP contribution is 2.25. The van der Waals surface area contributed by atoms with Gasteiger partial charge in [-0.25, -0.2) is 5.43 Å². The average molecular weight is 285 g/mol. The third-order valence-electron chi connectivity index (χ3n) is 2.11. The minimum absolute atomic E-state index is 0.0114. The topological polar surface area (TPSA) is 128 Å². The van der Waals surface area contributed by atoms with Crippen LogP contribution >= 0.6 is 11.6 Å². The number of primary amides is 1. The van der Waals surface area contributed by atoms with E-state index in [1.807, 2.05) is 5.43 Å². The second-order valence-electron chi connectivity index (χ2n) is 3.43. The van der Waals surface area contributed by atoms with Crippen LogP contribution in [0.3, 0.4) is 0 Å². The van der Waals surface area contributed by atoms with Gasteiger partial charge in [-0.2, -0.15) is 5.10 Å². The minimum atomic E-state index is -1.18. The van der Waals surface area contributed by atoms with Crippen molar-refractivity contribution in [1.82, 2.24) is 5.43 Å². The van der Waals surface area contributed by atoms with E-state index in [1.165, 1.54) is 25.1 Å². The fourth-order valence-corrected chi connectivity index (χ4v) is 1.32. The molecule has 0 aliphatic rings. The molecule has 0 atom stereocenters. The van der Waals surface area contributed by atoms with Crippen LogP contribution in [0.4, 0.5) is 5.69 Å². The highest BCUT2D eigenvalue weighted by molar-refractivity contribution is 6.34. The summed E-state index contributed by atoms with van der Waals surface area (Å²) in [6.07, 6.45) is 0. The van der Waals surface area contributed by atoms with Crippen molar-refractivity contribution in [2.75, 3.05) is 0 Å². The number of hydrazone groups is 1. The Morgan fingerprint density at radius 3 is 2.63 bits per heavy atom. The second-order valence-corrected chi connectivity index (χ2v) is 3.83. The number of hydrogen-bond donors (Lipinski definition) is 2. The Kier molecular flexibility index (Phi) is 4.54. The van der Waals surface area contributed by atoms with Gasteiger partial charge < -0.3 is 5.73 Å². The molecule has 0 aliphatic heterocycles. The van der Waals surface area contributed by atoms with Gasteiger partial charge in [-0.1, -0.05) is 17.7 Å². The van der Waals surface area contributed by atoms with Crippen LogP contribution in [0.15, 0.2) is 23.3 Å². The molecule has 0 bridgehead atoms. The first-order chi connectivity index (χ1) is 8.82. The number of carbonyl (C=O) groups excluding carboxylic acids is 2. The Balaban J connectivity index is 3.00. The van der Waals surface area contributed by atoms with E-state index in [-0.39, 0.29) is 16.4 Å². The SMILES string of the molecule is C/C(=N/NC(=O)C(N)=O)c1ccc(Cl)c([N+](=O)[O-])c1. The number of nitro groups is 1. The predicted molar refractivity (Wildman–Crippen MR) is 67.7 cm³/mol. The fourth-order valence-electron chi connectivity index (χ4n) is 1.13. The molecule has 0 aliphatic carbocycles. The molecule has 0 unspecified atom stereocenters. The van der Waals surface area contributed by atoms with E-state index in [0.29, 0.717) is 5.56 Å². The number of benzene rings is 1. The van der Waals surface area contributed by atoms with Gasteiger partial charge in [0.25, 0.3) is 5.69 Å². The number of hydrogen-bond acceptors (Lipinski definition) is 5. The number of amides is 2. The lowest BCUT2D eigenvalue weighted by atomic mass is 10.1. The van der Waals surface area contributed by atoms with E-state index >= 15 is 0 Å². The normalized spacial score (nSPS) is 10.9. The maximum Gasteiger partial charge on any atom is 0.329 e. The molecule has 8 nitrogen and oxygen atoms in total. The van der Waals surface area contributed by atoms with Crippen LogP contribution < -0.4 is 11.2 Å². The molecule has 0 fully saturated rings. The van der Waals surface area contributed by atoms with Crippen molar-refractivity contribution in [3.05, 3.63) is 38.9 Å². The van der Waals surface area contributed by atoms with Crippen molar-refractivity contribution >= 4 is 34.8 Å². The second kappa shape index (κ2) is 5.91. The number of nitrogens with two attached hydrogens (primary N) is 1. The molecule has 0 radical (unpaired) electrons. The smallest absolute Gasteiger partial charge is 0.329 e. The molecule has 100 valence electrons. The quantitative estimate of drug-likeness (QED) is 0.364. The highest BCUT2D eigenvalue weighted by Gasteiger charge is 2.14. The number of nitro benzene ring substituents is 1. The summed E-state index contributed by atoms with van der Waals surface area (Å²) in [6.45, 7) is 1.49. The van der Waals surface area contributed by atoms with Crippen molar-refractivity contribution in [2.45, 2.75) is 6.92 Å². The number of nitrogens with zero attached hydrogens (tertiary/aromatic N) is 2. The first-order valence-electron chi connectivity index (χ1n) is 4.91. The number of rotatable bonds is 3. The van der Waals surface area contributed by atoms with Crippen LogP contribution in [0.1, 0.15) is 12.5 Å². The molecule has 0 spiro atoms. The predicted octanol–water partition coefficient (Wildman–Crippen LogP) is 0.574. The molecule has 0 heterocycles. The van der Waals surface area contributed by atoms with Crippen molar-refractivity contribution in [2.24, 2.45) is 10.8 Å². The summed E-state index contributed by atoms with van der Waals surface area (Å²) in [5.74, 6) is -2.26. The minimum Gasteiger partial charge on any atom is -0.361 e. The van der Waals surface area contributed by atoms with Crippen LogP contribution in [0.5, 0.6) is 0 Å². The van der Waals surface area contributed by atoms with E-state index in [2.05, 4.69) is 5.10 Å². The zero-order valence-corrected chi connectivity index (χ0v) is 10.5. The van der Waals surface area contributed by atoms with Crippen LogP contribution in [0.25, 0.3) is 0 Å². The van der Waals surface area contributed by atoms with Crippen LogP contribution in [-0.2, 0) is 9.59 Å².